The fourth-order valence-corrected chi connectivity index (χ4v) is 3.55. The lowest BCUT2D eigenvalue weighted by atomic mass is 10.0. The lowest BCUT2D eigenvalue weighted by molar-refractivity contribution is -0.142. The highest BCUT2D eigenvalue weighted by molar-refractivity contribution is 6.33. The van der Waals surface area contributed by atoms with Crippen molar-refractivity contribution in [2.24, 2.45) is 0 Å². The number of hydrogen-bond donors (Lipinski definition) is 1. The summed E-state index contributed by atoms with van der Waals surface area (Å²) in [6, 6.07) is 8.04. The average Bonchev–Trinajstić information content (AvgIpc) is 3.37. The van der Waals surface area contributed by atoms with Crippen LogP contribution in [-0.4, -0.2) is 27.9 Å². The zero-order valence-electron chi connectivity index (χ0n) is 16.5. The van der Waals surface area contributed by atoms with Gasteiger partial charge in [0.25, 0.3) is 5.91 Å². The molecule has 0 saturated heterocycles. The van der Waals surface area contributed by atoms with E-state index in [1.807, 2.05) is 0 Å². The number of nitrogens with one attached hydrogen (secondary N) is 1. The van der Waals surface area contributed by atoms with Crippen LogP contribution in [0.15, 0.2) is 53.2 Å². The molecule has 0 unspecified atom stereocenters. The number of alkyl halides is 3. The molecule has 2 aromatic heterocycles. The van der Waals surface area contributed by atoms with Crippen LogP contribution in [0, 0.1) is 11.6 Å². The highest BCUT2D eigenvalue weighted by Crippen LogP contribution is 2.42. The van der Waals surface area contributed by atoms with Crippen LogP contribution in [0.4, 0.5) is 22.0 Å². The van der Waals surface area contributed by atoms with Crippen LogP contribution >= 0.6 is 11.6 Å². The molecule has 1 N–H and O–H groups in total. The Morgan fingerprint density at radius 2 is 1.88 bits per heavy atom. The van der Waals surface area contributed by atoms with E-state index < -0.39 is 46.3 Å². The molecule has 0 fully saturated rings. The van der Waals surface area contributed by atoms with Crippen molar-refractivity contribution in [3.05, 3.63) is 76.6 Å². The molecule has 0 aliphatic carbocycles. The molecule has 0 bridgehead atoms. The van der Waals surface area contributed by atoms with E-state index in [1.165, 1.54) is 31.3 Å². The van der Waals surface area contributed by atoms with Gasteiger partial charge in [0, 0.05) is 7.05 Å². The third kappa shape index (κ3) is 3.95. The van der Waals surface area contributed by atoms with Gasteiger partial charge < -0.3 is 9.84 Å². The highest BCUT2D eigenvalue weighted by atomic mass is 35.5. The molecule has 1 amide bonds. The second kappa shape index (κ2) is 8.32. The summed E-state index contributed by atoms with van der Waals surface area (Å²) in [6.07, 6.45) is -4.20. The summed E-state index contributed by atoms with van der Waals surface area (Å²) in [6.45, 7) is 0. The Labute approximate surface area is 187 Å². The monoisotopic (exact) mass is 482 g/mol. The maximum absolute atomic E-state index is 14.5. The largest absolute Gasteiger partial charge is 0.434 e. The van der Waals surface area contributed by atoms with Gasteiger partial charge in [-0.2, -0.15) is 18.3 Å². The van der Waals surface area contributed by atoms with Gasteiger partial charge in [0.15, 0.2) is 11.5 Å². The minimum absolute atomic E-state index is 0.133. The minimum atomic E-state index is -5.00. The maximum Gasteiger partial charge on any atom is 0.434 e. The van der Waals surface area contributed by atoms with Crippen LogP contribution < -0.4 is 5.32 Å². The van der Waals surface area contributed by atoms with Crippen LogP contribution in [0.1, 0.15) is 16.1 Å². The molecular formula is C21H12ClF5N4O2. The van der Waals surface area contributed by atoms with Crippen LogP contribution in [-0.2, 0) is 6.18 Å². The Kier molecular flexibility index (Phi) is 5.66. The fraction of sp³-hybridized carbons (Fsp3) is 0.0952. The summed E-state index contributed by atoms with van der Waals surface area (Å²) in [5, 5.41) is 9.51. The molecule has 12 heteroatoms. The Bertz CT molecular complexity index is 1340. The summed E-state index contributed by atoms with van der Waals surface area (Å²) >= 11 is 6.06. The first-order valence-corrected chi connectivity index (χ1v) is 9.59. The summed E-state index contributed by atoms with van der Waals surface area (Å²) < 4.78 is 76.0. The molecule has 170 valence electrons. The van der Waals surface area contributed by atoms with E-state index in [0.717, 1.165) is 24.4 Å². The molecule has 0 radical (unpaired) electrons. The Balaban J connectivity index is 2.01. The van der Waals surface area contributed by atoms with Gasteiger partial charge in [-0.1, -0.05) is 28.9 Å². The Hall–Kier alpha value is -3.73. The lowest BCUT2D eigenvalue weighted by Gasteiger charge is -2.12. The molecule has 4 aromatic rings. The SMILES string of the molecule is CNC(=O)c1c(-c2c(F)cccc2Cl)noc1-c1cnn(-c2cccc(F)c2)c1C(F)(F)F. The van der Waals surface area contributed by atoms with Crippen molar-refractivity contribution in [3.8, 4) is 28.3 Å². The third-order valence-electron chi connectivity index (χ3n) is 4.68. The predicted octanol–water partition coefficient (Wildman–Crippen LogP) is 5.50. The molecule has 33 heavy (non-hydrogen) atoms. The number of aromatic nitrogens is 3. The van der Waals surface area contributed by atoms with Crippen molar-refractivity contribution < 1.29 is 31.3 Å². The van der Waals surface area contributed by atoms with E-state index in [1.54, 1.807) is 0 Å². The van der Waals surface area contributed by atoms with E-state index in [9.17, 15) is 26.7 Å². The second-order valence-electron chi connectivity index (χ2n) is 6.71. The van der Waals surface area contributed by atoms with E-state index in [-0.39, 0.29) is 22.0 Å². The van der Waals surface area contributed by atoms with Gasteiger partial charge in [0.2, 0.25) is 0 Å². The van der Waals surface area contributed by atoms with Crippen molar-refractivity contribution in [2.75, 3.05) is 7.05 Å². The zero-order chi connectivity index (χ0) is 23.9. The standard InChI is InChI=1S/C21H12ClF5N4O2/c1-28-20(32)16-17(15-13(22)6-3-7-14(15)24)30-33-18(16)12-9-29-31(19(12)21(25,26)27)11-5-2-4-10(23)8-11/h2-9H,1H3,(H,28,32). The third-order valence-corrected chi connectivity index (χ3v) is 5.00. The second-order valence-corrected chi connectivity index (χ2v) is 7.11. The van der Waals surface area contributed by atoms with Gasteiger partial charge in [0.1, 0.15) is 22.9 Å². The predicted molar refractivity (Wildman–Crippen MR) is 108 cm³/mol. The topological polar surface area (TPSA) is 73.0 Å². The van der Waals surface area contributed by atoms with Gasteiger partial charge in [-0.15, -0.1) is 0 Å². The van der Waals surface area contributed by atoms with Crippen molar-refractivity contribution in [1.82, 2.24) is 20.3 Å². The van der Waals surface area contributed by atoms with Crippen LogP contribution in [0.5, 0.6) is 0 Å². The smallest absolute Gasteiger partial charge is 0.355 e. The molecule has 4 rings (SSSR count). The quantitative estimate of drug-likeness (QED) is 0.390. The zero-order valence-corrected chi connectivity index (χ0v) is 17.3. The first-order valence-electron chi connectivity index (χ1n) is 9.21. The molecule has 0 atom stereocenters. The van der Waals surface area contributed by atoms with Crippen LogP contribution in [0.2, 0.25) is 5.02 Å². The number of halogens is 6. The maximum atomic E-state index is 14.5. The van der Waals surface area contributed by atoms with Crippen molar-refractivity contribution >= 4 is 17.5 Å². The molecule has 0 aliphatic rings. The molecular weight excluding hydrogens is 471 g/mol. The molecule has 0 saturated carbocycles. The first-order chi connectivity index (χ1) is 15.6. The number of amides is 1. The average molecular weight is 483 g/mol. The van der Waals surface area contributed by atoms with E-state index in [2.05, 4.69) is 15.6 Å². The normalized spacial score (nSPS) is 11.6. The van der Waals surface area contributed by atoms with E-state index in [4.69, 9.17) is 16.1 Å². The lowest BCUT2D eigenvalue weighted by Crippen LogP contribution is -2.20. The number of carbonyl (C=O) groups is 1. The molecule has 0 aliphatic heterocycles. The summed E-state index contributed by atoms with van der Waals surface area (Å²) in [5.41, 5.74) is -3.41. The minimum Gasteiger partial charge on any atom is -0.355 e. The van der Waals surface area contributed by atoms with Gasteiger partial charge in [-0.05, 0) is 30.3 Å². The van der Waals surface area contributed by atoms with Crippen molar-refractivity contribution in [2.45, 2.75) is 6.18 Å². The highest BCUT2D eigenvalue weighted by Gasteiger charge is 2.42. The van der Waals surface area contributed by atoms with Crippen LogP contribution in [0.3, 0.4) is 0 Å². The number of hydrogen-bond acceptors (Lipinski definition) is 4. The molecule has 0 spiro atoms. The number of nitrogens with zero attached hydrogens (tertiary/aromatic N) is 3. The molecule has 2 aromatic carbocycles. The van der Waals surface area contributed by atoms with Gasteiger partial charge in [-0.3, -0.25) is 4.79 Å². The van der Waals surface area contributed by atoms with E-state index >= 15 is 0 Å². The summed E-state index contributed by atoms with van der Waals surface area (Å²) in [7, 11) is 1.23. The van der Waals surface area contributed by atoms with E-state index in [0.29, 0.717) is 4.68 Å². The number of benzene rings is 2. The van der Waals surface area contributed by atoms with Gasteiger partial charge in [-0.25, -0.2) is 13.5 Å². The molecule has 2 heterocycles. The van der Waals surface area contributed by atoms with Gasteiger partial charge >= 0.3 is 6.18 Å². The summed E-state index contributed by atoms with van der Waals surface area (Å²) in [4.78, 5) is 12.6. The summed E-state index contributed by atoms with van der Waals surface area (Å²) in [5.74, 6) is -3.15. The number of rotatable bonds is 4. The van der Waals surface area contributed by atoms with Gasteiger partial charge in [0.05, 0.1) is 28.0 Å². The number of carbonyl (C=O) groups excluding carboxylic acids is 1. The van der Waals surface area contributed by atoms with Crippen molar-refractivity contribution in [3.63, 3.8) is 0 Å². The fourth-order valence-electron chi connectivity index (χ4n) is 3.30. The molecule has 6 nitrogen and oxygen atoms in total. The Morgan fingerprint density at radius 1 is 1.15 bits per heavy atom. The first kappa shape index (κ1) is 22.5. The van der Waals surface area contributed by atoms with Crippen molar-refractivity contribution in [1.29, 1.82) is 0 Å². The Morgan fingerprint density at radius 3 is 2.52 bits per heavy atom. The van der Waals surface area contributed by atoms with Crippen LogP contribution in [0.25, 0.3) is 28.3 Å².